The number of nitrogens with one attached hydrogen (secondary N) is 2. The van der Waals surface area contributed by atoms with E-state index in [0.29, 0.717) is 17.9 Å². The molecule has 0 saturated carbocycles. The molecule has 23 heavy (non-hydrogen) atoms. The van der Waals surface area contributed by atoms with Crippen LogP contribution < -0.4 is 0 Å². The second-order valence-electron chi connectivity index (χ2n) is 4.77. The molecular formula is C15H12FN5O2. The summed E-state index contributed by atoms with van der Waals surface area (Å²) in [6.45, 7) is 0. The van der Waals surface area contributed by atoms with Crippen molar-refractivity contribution >= 4 is 11.5 Å². The van der Waals surface area contributed by atoms with Gasteiger partial charge in [0.25, 0.3) is 0 Å². The van der Waals surface area contributed by atoms with Crippen LogP contribution in [0.5, 0.6) is 0 Å². The highest BCUT2D eigenvalue weighted by molar-refractivity contribution is 6.05. The van der Waals surface area contributed by atoms with Gasteiger partial charge in [-0.25, -0.2) is 14.4 Å². The van der Waals surface area contributed by atoms with Crippen molar-refractivity contribution in [3.8, 4) is 0 Å². The normalized spacial score (nSPS) is 11.6. The molecule has 0 unspecified atom stereocenters. The van der Waals surface area contributed by atoms with Crippen molar-refractivity contribution in [1.82, 2.24) is 25.1 Å². The van der Waals surface area contributed by atoms with E-state index < -0.39 is 5.78 Å². The van der Waals surface area contributed by atoms with Crippen molar-refractivity contribution in [2.45, 2.75) is 6.42 Å². The number of hydrogen-bond acceptors (Lipinski definition) is 5. The molecular weight excluding hydrogens is 301 g/mol. The third-order valence-electron chi connectivity index (χ3n) is 3.11. The number of H-pyrrole nitrogens is 2. The number of carbonyl (C=O) groups is 1. The molecule has 0 spiro atoms. The van der Waals surface area contributed by atoms with Gasteiger partial charge in [-0.05, 0) is 17.7 Å². The lowest BCUT2D eigenvalue weighted by Crippen LogP contribution is -1.99. The molecule has 0 aliphatic heterocycles. The number of aliphatic hydroxyl groups is 1. The summed E-state index contributed by atoms with van der Waals surface area (Å²) in [5, 5.41) is 15.9. The highest BCUT2D eigenvalue weighted by Gasteiger charge is 2.11. The number of ketones is 1. The van der Waals surface area contributed by atoms with E-state index in [1.165, 1.54) is 24.7 Å². The Morgan fingerprint density at radius 3 is 2.74 bits per heavy atom. The van der Waals surface area contributed by atoms with Gasteiger partial charge in [0.15, 0.2) is 5.82 Å². The number of imidazole rings is 1. The number of nitrogens with zero attached hydrogens (tertiary/aromatic N) is 3. The molecule has 0 bridgehead atoms. The van der Waals surface area contributed by atoms with Gasteiger partial charge in [0.1, 0.15) is 29.4 Å². The minimum absolute atomic E-state index is 0.0302. The van der Waals surface area contributed by atoms with Crippen LogP contribution >= 0.6 is 0 Å². The maximum Gasteiger partial charge on any atom is 0.226 e. The predicted molar refractivity (Wildman–Crippen MR) is 79.1 cm³/mol. The molecule has 0 saturated heterocycles. The number of hydrogen-bond donors (Lipinski definition) is 3. The molecule has 2 aromatic heterocycles. The van der Waals surface area contributed by atoms with Gasteiger partial charge < -0.3 is 10.1 Å². The Labute approximate surface area is 129 Å². The number of carbonyl (C=O) groups excluding carboxylic acids is 1. The van der Waals surface area contributed by atoms with Crippen LogP contribution in [-0.2, 0) is 6.42 Å². The summed E-state index contributed by atoms with van der Waals surface area (Å²) >= 11 is 0. The largest absolute Gasteiger partial charge is 0.506 e. The summed E-state index contributed by atoms with van der Waals surface area (Å²) in [4.78, 5) is 22.5. The topological polar surface area (TPSA) is 108 Å². The lowest BCUT2D eigenvalue weighted by molar-refractivity contribution is 0.103. The summed E-state index contributed by atoms with van der Waals surface area (Å²) in [7, 11) is 0. The molecule has 3 rings (SSSR count). The Balaban J connectivity index is 1.73. The van der Waals surface area contributed by atoms with Gasteiger partial charge in [-0.15, -0.1) is 0 Å². The lowest BCUT2D eigenvalue weighted by Gasteiger charge is -1.98. The zero-order chi connectivity index (χ0) is 16.2. The zero-order valence-corrected chi connectivity index (χ0v) is 11.8. The second kappa shape index (κ2) is 6.22. The van der Waals surface area contributed by atoms with Gasteiger partial charge >= 0.3 is 0 Å². The Morgan fingerprint density at radius 1 is 1.26 bits per heavy atom. The standard InChI is InChI=1S/C15H12FN5O2/c16-10-3-1-9(2-4-10)5-14-17-7-11(20-14)12(22)6-13(23)15-18-8-19-21-15/h1-4,6-8,22H,5H2,(H,17,20)(H,18,19,21). The molecule has 0 radical (unpaired) electrons. The molecule has 1 aromatic carbocycles. The molecule has 0 aliphatic carbocycles. The molecule has 8 heteroatoms. The molecule has 0 atom stereocenters. The minimum atomic E-state index is -0.505. The van der Waals surface area contributed by atoms with Gasteiger partial charge in [0.05, 0.1) is 6.20 Å². The van der Waals surface area contributed by atoms with E-state index in [4.69, 9.17) is 0 Å². The van der Waals surface area contributed by atoms with Crippen LogP contribution in [0.25, 0.3) is 5.76 Å². The third kappa shape index (κ3) is 3.49. The van der Waals surface area contributed by atoms with Crippen molar-refractivity contribution in [3.63, 3.8) is 0 Å². The van der Waals surface area contributed by atoms with E-state index in [2.05, 4.69) is 25.1 Å². The fourth-order valence-electron chi connectivity index (χ4n) is 1.97. The Morgan fingerprint density at radius 2 is 2.04 bits per heavy atom. The highest BCUT2D eigenvalue weighted by atomic mass is 19.1. The van der Waals surface area contributed by atoms with Crippen LogP contribution in [-0.4, -0.2) is 36.0 Å². The Hall–Kier alpha value is -3.29. The van der Waals surface area contributed by atoms with Crippen molar-refractivity contribution in [1.29, 1.82) is 0 Å². The average Bonchev–Trinajstić information content (AvgIpc) is 3.21. The minimum Gasteiger partial charge on any atom is -0.506 e. The Kier molecular flexibility index (Phi) is 3.96. The van der Waals surface area contributed by atoms with Gasteiger partial charge in [-0.1, -0.05) is 12.1 Å². The van der Waals surface area contributed by atoms with Crippen LogP contribution in [0, 0.1) is 5.82 Å². The van der Waals surface area contributed by atoms with Gasteiger partial charge in [0, 0.05) is 12.5 Å². The Bertz CT molecular complexity index is 837. The number of aromatic nitrogens is 5. The van der Waals surface area contributed by atoms with E-state index in [1.807, 2.05) is 0 Å². The number of aliphatic hydroxyl groups excluding tert-OH is 1. The van der Waals surface area contributed by atoms with Crippen molar-refractivity contribution in [3.05, 3.63) is 71.6 Å². The summed E-state index contributed by atoms with van der Waals surface area (Å²) in [6.07, 6.45) is 4.09. The average molecular weight is 313 g/mol. The second-order valence-corrected chi connectivity index (χ2v) is 4.77. The fourth-order valence-corrected chi connectivity index (χ4v) is 1.97. The van der Waals surface area contributed by atoms with E-state index in [0.717, 1.165) is 11.6 Å². The van der Waals surface area contributed by atoms with Crippen molar-refractivity contribution in [2.24, 2.45) is 0 Å². The first kappa shape index (κ1) is 14.6. The monoisotopic (exact) mass is 313 g/mol. The van der Waals surface area contributed by atoms with Crippen molar-refractivity contribution in [2.75, 3.05) is 0 Å². The van der Waals surface area contributed by atoms with E-state index in [-0.39, 0.29) is 17.4 Å². The number of allylic oxidation sites excluding steroid dienone is 1. The van der Waals surface area contributed by atoms with E-state index in [9.17, 15) is 14.3 Å². The number of aromatic amines is 2. The quantitative estimate of drug-likeness (QED) is 0.379. The third-order valence-corrected chi connectivity index (χ3v) is 3.11. The van der Waals surface area contributed by atoms with Crippen LogP contribution in [0.3, 0.4) is 0 Å². The molecule has 0 aliphatic rings. The summed E-state index contributed by atoms with van der Waals surface area (Å²) in [6, 6.07) is 6.04. The first-order valence-electron chi connectivity index (χ1n) is 6.71. The summed E-state index contributed by atoms with van der Waals surface area (Å²) < 4.78 is 12.9. The number of benzene rings is 1. The summed E-state index contributed by atoms with van der Waals surface area (Å²) in [5.41, 5.74) is 1.17. The molecule has 0 amide bonds. The van der Waals surface area contributed by atoms with Crippen molar-refractivity contribution < 1.29 is 14.3 Å². The summed E-state index contributed by atoms with van der Waals surface area (Å²) in [5.74, 6) is -0.458. The molecule has 0 fully saturated rings. The van der Waals surface area contributed by atoms with Crippen LogP contribution in [0.2, 0.25) is 0 Å². The van der Waals surface area contributed by atoms with E-state index >= 15 is 0 Å². The van der Waals surface area contributed by atoms with Gasteiger partial charge in [0.2, 0.25) is 5.78 Å². The maximum atomic E-state index is 12.9. The first-order chi connectivity index (χ1) is 11.1. The maximum absolute atomic E-state index is 12.9. The molecule has 116 valence electrons. The smallest absolute Gasteiger partial charge is 0.226 e. The van der Waals surface area contributed by atoms with Crippen LogP contribution in [0.1, 0.15) is 27.7 Å². The molecule has 2 heterocycles. The molecule has 3 aromatic rings. The fraction of sp³-hybridized carbons (Fsp3) is 0.0667. The zero-order valence-electron chi connectivity index (χ0n) is 11.8. The van der Waals surface area contributed by atoms with Gasteiger partial charge in [-0.2, -0.15) is 5.10 Å². The molecule has 3 N–H and O–H groups in total. The van der Waals surface area contributed by atoms with Crippen LogP contribution in [0.15, 0.2) is 42.9 Å². The predicted octanol–water partition coefficient (Wildman–Crippen LogP) is 2.04. The number of rotatable bonds is 5. The lowest BCUT2D eigenvalue weighted by atomic mass is 10.1. The SMILES string of the molecule is O=C(C=C(O)c1cnc(Cc2ccc(F)cc2)[nH]1)c1ncn[nH]1. The van der Waals surface area contributed by atoms with E-state index in [1.54, 1.807) is 12.1 Å². The van der Waals surface area contributed by atoms with Gasteiger partial charge in [-0.3, -0.25) is 9.89 Å². The highest BCUT2D eigenvalue weighted by Crippen LogP contribution is 2.13. The molecule has 7 nitrogen and oxygen atoms in total. The first-order valence-corrected chi connectivity index (χ1v) is 6.71. The number of halogens is 1. The van der Waals surface area contributed by atoms with Crippen LogP contribution in [0.4, 0.5) is 4.39 Å².